The average molecular weight is 298 g/mol. The molecule has 4 N–H and O–H groups in total. The lowest BCUT2D eigenvalue weighted by Gasteiger charge is -2.16. The number of hydrogen-bond donors (Lipinski definition) is 3. The molecule has 0 saturated carbocycles. The van der Waals surface area contributed by atoms with E-state index in [9.17, 15) is 8.42 Å². The van der Waals surface area contributed by atoms with Crippen LogP contribution in [0.5, 0.6) is 0 Å². The Labute approximate surface area is 120 Å². The molecule has 1 aromatic carbocycles. The summed E-state index contributed by atoms with van der Waals surface area (Å²) in [6.07, 6.45) is 2.55. The average Bonchev–Trinajstić information content (AvgIpc) is 2.93. The summed E-state index contributed by atoms with van der Waals surface area (Å²) in [5.74, 6) is 0. The molecule has 1 heterocycles. The molecule has 1 saturated heterocycles. The number of sulfonamides is 1. The smallest absolute Gasteiger partial charge is 0.240 e. The Hall–Kier alpha value is -1.31. The van der Waals surface area contributed by atoms with Gasteiger partial charge in [0.1, 0.15) is 0 Å². The van der Waals surface area contributed by atoms with Gasteiger partial charge in [-0.2, -0.15) is 0 Å². The topological polar surface area (TPSA) is 87.5 Å². The first-order valence-corrected chi connectivity index (χ1v) is 8.30. The lowest BCUT2D eigenvalue weighted by atomic mass is 10.2. The third-order valence-corrected chi connectivity index (χ3v) is 4.96. The van der Waals surface area contributed by atoms with Crippen LogP contribution in [0.1, 0.15) is 12.8 Å². The maximum atomic E-state index is 11.7. The van der Waals surface area contributed by atoms with E-state index in [-0.39, 0.29) is 4.90 Å². The van der Waals surface area contributed by atoms with Gasteiger partial charge in [-0.25, -0.2) is 13.1 Å². The van der Waals surface area contributed by atoms with Crippen LogP contribution in [0.15, 0.2) is 23.1 Å². The van der Waals surface area contributed by atoms with E-state index in [1.165, 1.54) is 26.0 Å². The summed E-state index contributed by atoms with van der Waals surface area (Å²) in [4.78, 5) is 2.59. The highest BCUT2D eigenvalue weighted by molar-refractivity contribution is 7.89. The van der Waals surface area contributed by atoms with Gasteiger partial charge in [0.05, 0.1) is 16.3 Å². The van der Waals surface area contributed by atoms with Crippen molar-refractivity contribution in [3.8, 4) is 0 Å². The lowest BCUT2D eigenvalue weighted by molar-refractivity contribution is 0.353. The van der Waals surface area contributed by atoms with Gasteiger partial charge in [-0.3, -0.25) is 0 Å². The van der Waals surface area contributed by atoms with Crippen molar-refractivity contribution in [2.45, 2.75) is 17.7 Å². The molecule has 0 spiro atoms. The van der Waals surface area contributed by atoms with Crippen LogP contribution >= 0.6 is 0 Å². The van der Waals surface area contributed by atoms with Crippen molar-refractivity contribution in [3.05, 3.63) is 18.2 Å². The van der Waals surface area contributed by atoms with E-state index < -0.39 is 10.0 Å². The van der Waals surface area contributed by atoms with Crippen LogP contribution in [0.3, 0.4) is 0 Å². The number of nitrogens with one attached hydrogen (secondary N) is 2. The van der Waals surface area contributed by atoms with Crippen LogP contribution in [-0.4, -0.2) is 46.5 Å². The zero-order valence-corrected chi connectivity index (χ0v) is 12.5. The van der Waals surface area contributed by atoms with Gasteiger partial charge in [0.15, 0.2) is 0 Å². The summed E-state index contributed by atoms with van der Waals surface area (Å²) in [6.45, 7) is 4.12. The van der Waals surface area contributed by atoms with Crippen LogP contribution in [0.2, 0.25) is 0 Å². The summed E-state index contributed by atoms with van der Waals surface area (Å²) in [7, 11) is -2.05. The quantitative estimate of drug-likeness (QED) is 0.672. The number of likely N-dealkylation sites (tertiary alicyclic amines) is 1. The molecule has 0 radical (unpaired) electrons. The Balaban J connectivity index is 1.95. The van der Waals surface area contributed by atoms with E-state index in [2.05, 4.69) is 14.9 Å². The number of nitrogens with zero attached hydrogens (tertiary/aromatic N) is 1. The first-order valence-electron chi connectivity index (χ1n) is 6.82. The van der Waals surface area contributed by atoms with Crippen molar-refractivity contribution in [2.24, 2.45) is 0 Å². The van der Waals surface area contributed by atoms with Crippen LogP contribution in [0.25, 0.3) is 0 Å². The molecule has 6 nitrogen and oxygen atoms in total. The fourth-order valence-electron chi connectivity index (χ4n) is 2.34. The summed E-state index contributed by atoms with van der Waals surface area (Å²) in [5.41, 5.74) is 7.12. The zero-order chi connectivity index (χ0) is 14.6. The molecule has 0 aromatic heterocycles. The summed E-state index contributed by atoms with van der Waals surface area (Å²) in [6, 6.07) is 4.74. The highest BCUT2D eigenvalue weighted by Crippen LogP contribution is 2.22. The minimum absolute atomic E-state index is 0.183. The van der Waals surface area contributed by atoms with Crippen LogP contribution in [0, 0.1) is 0 Å². The van der Waals surface area contributed by atoms with E-state index >= 15 is 0 Å². The van der Waals surface area contributed by atoms with Gasteiger partial charge < -0.3 is 16.0 Å². The predicted molar refractivity (Wildman–Crippen MR) is 81.3 cm³/mol. The van der Waals surface area contributed by atoms with Crippen molar-refractivity contribution >= 4 is 21.4 Å². The second-order valence-electron chi connectivity index (χ2n) is 4.93. The minimum Gasteiger partial charge on any atom is -0.397 e. The van der Waals surface area contributed by atoms with Gasteiger partial charge in [-0.05, 0) is 51.2 Å². The van der Waals surface area contributed by atoms with Crippen molar-refractivity contribution in [3.63, 3.8) is 0 Å². The first-order chi connectivity index (χ1) is 9.53. The van der Waals surface area contributed by atoms with Crippen molar-refractivity contribution in [1.29, 1.82) is 0 Å². The molecule has 1 fully saturated rings. The van der Waals surface area contributed by atoms with E-state index in [0.717, 1.165) is 31.9 Å². The highest BCUT2D eigenvalue weighted by atomic mass is 32.2. The standard InChI is InChI=1S/C13H22N4O2S/c1-15-20(18,19)11-4-5-13(12(14)10-11)16-6-9-17-7-2-3-8-17/h4-5,10,15-16H,2-3,6-9,14H2,1H3. The van der Waals surface area contributed by atoms with Gasteiger partial charge in [-0.1, -0.05) is 0 Å². The van der Waals surface area contributed by atoms with Gasteiger partial charge in [0, 0.05) is 13.1 Å². The lowest BCUT2D eigenvalue weighted by Crippen LogP contribution is -2.26. The Morgan fingerprint density at radius 1 is 1.30 bits per heavy atom. The summed E-state index contributed by atoms with van der Waals surface area (Å²) < 4.78 is 25.6. The first kappa shape index (κ1) is 15.1. The molecule has 0 unspecified atom stereocenters. The molecule has 0 atom stereocenters. The number of nitrogens with two attached hydrogens (primary N) is 1. The van der Waals surface area contributed by atoms with E-state index in [1.54, 1.807) is 12.1 Å². The van der Waals surface area contributed by atoms with E-state index in [4.69, 9.17) is 5.73 Å². The summed E-state index contributed by atoms with van der Waals surface area (Å²) >= 11 is 0. The number of anilines is 2. The Morgan fingerprint density at radius 3 is 2.60 bits per heavy atom. The molecule has 0 bridgehead atoms. The number of hydrogen-bond acceptors (Lipinski definition) is 5. The SMILES string of the molecule is CNS(=O)(=O)c1ccc(NCCN2CCCC2)c(N)c1. The Kier molecular flexibility index (Phi) is 4.85. The maximum Gasteiger partial charge on any atom is 0.240 e. The van der Waals surface area contributed by atoms with Crippen molar-refractivity contribution < 1.29 is 8.42 Å². The molecule has 112 valence electrons. The molecular formula is C13H22N4O2S. The number of benzene rings is 1. The highest BCUT2D eigenvalue weighted by Gasteiger charge is 2.13. The summed E-state index contributed by atoms with van der Waals surface area (Å²) in [5, 5.41) is 3.25. The third kappa shape index (κ3) is 3.62. The fraction of sp³-hybridized carbons (Fsp3) is 0.538. The molecule has 1 aromatic rings. The third-order valence-electron chi connectivity index (χ3n) is 3.54. The minimum atomic E-state index is -3.44. The molecule has 1 aliphatic rings. The molecule has 1 aliphatic heterocycles. The molecule has 2 rings (SSSR count). The van der Waals surface area contributed by atoms with Gasteiger partial charge in [0.2, 0.25) is 10.0 Å². The maximum absolute atomic E-state index is 11.7. The largest absolute Gasteiger partial charge is 0.397 e. The van der Waals surface area contributed by atoms with Crippen molar-refractivity contribution in [2.75, 3.05) is 44.3 Å². The molecule has 0 amide bonds. The monoisotopic (exact) mass is 298 g/mol. The second-order valence-corrected chi connectivity index (χ2v) is 6.82. The Morgan fingerprint density at radius 2 is 2.00 bits per heavy atom. The van der Waals surface area contributed by atoms with E-state index in [1.807, 2.05) is 0 Å². The molecular weight excluding hydrogens is 276 g/mol. The number of rotatable bonds is 6. The van der Waals surface area contributed by atoms with Gasteiger partial charge in [-0.15, -0.1) is 0 Å². The number of nitrogen functional groups attached to an aromatic ring is 1. The van der Waals surface area contributed by atoms with Crippen LogP contribution in [0.4, 0.5) is 11.4 Å². The molecule has 20 heavy (non-hydrogen) atoms. The predicted octanol–water partition coefficient (Wildman–Crippen LogP) is 0.685. The fourth-order valence-corrected chi connectivity index (χ4v) is 3.11. The molecule has 0 aliphatic carbocycles. The van der Waals surface area contributed by atoms with Gasteiger partial charge >= 0.3 is 0 Å². The zero-order valence-electron chi connectivity index (χ0n) is 11.7. The second kappa shape index (κ2) is 6.43. The Bertz CT molecular complexity index is 553. The van der Waals surface area contributed by atoms with Crippen LogP contribution < -0.4 is 15.8 Å². The normalized spacial score (nSPS) is 16.4. The van der Waals surface area contributed by atoms with Gasteiger partial charge in [0.25, 0.3) is 0 Å². The van der Waals surface area contributed by atoms with Crippen molar-refractivity contribution in [1.82, 2.24) is 9.62 Å². The van der Waals surface area contributed by atoms with Crippen LogP contribution in [-0.2, 0) is 10.0 Å². The van der Waals surface area contributed by atoms with E-state index in [0.29, 0.717) is 5.69 Å². The molecule has 7 heteroatoms.